The molecule has 0 spiro atoms. The van der Waals surface area contributed by atoms with Crippen LogP contribution in [0.3, 0.4) is 0 Å². The van der Waals surface area contributed by atoms with E-state index >= 15 is 0 Å². The molecular weight excluding hydrogens is 439 g/mol. The summed E-state index contributed by atoms with van der Waals surface area (Å²) in [5.41, 5.74) is 0. The van der Waals surface area contributed by atoms with E-state index in [0.29, 0.717) is 32.4 Å². The Morgan fingerprint density at radius 1 is 1.24 bits per heavy atom. The van der Waals surface area contributed by atoms with Gasteiger partial charge in [0.15, 0.2) is 0 Å². The number of ether oxygens (including phenoxy) is 1. The number of amides is 1. The number of aliphatic hydroxyl groups excluding tert-OH is 1. The van der Waals surface area contributed by atoms with E-state index < -0.39 is 34.1 Å². The molecule has 2 fully saturated rings. The lowest BCUT2D eigenvalue weighted by atomic mass is 9.87. The molecule has 2 heterocycles. The normalized spacial score (nSPS) is 27.0. The molecule has 2 saturated heterocycles. The fraction of sp³-hybridized carbons (Fsp3) is 0.632. The summed E-state index contributed by atoms with van der Waals surface area (Å²) in [5, 5.41) is 10.9. The van der Waals surface area contributed by atoms with Crippen LogP contribution in [0.25, 0.3) is 0 Å². The number of sulfonamides is 1. The SMILES string of the molecule is COCCN1C[C@@H]([C@@H](C)O)[C@H]2CCC[C@@H](C1=O)N2S(=O)(=O)c1cc(Cl)cc(Cl)c1. The van der Waals surface area contributed by atoms with E-state index in [1.165, 1.54) is 22.5 Å². The molecular formula is C19H26Cl2N2O5S. The van der Waals surface area contributed by atoms with Crippen LogP contribution < -0.4 is 0 Å². The molecule has 4 atom stereocenters. The number of rotatable bonds is 6. The zero-order valence-corrected chi connectivity index (χ0v) is 18.8. The molecule has 2 aliphatic heterocycles. The molecule has 7 nitrogen and oxygen atoms in total. The molecule has 29 heavy (non-hydrogen) atoms. The van der Waals surface area contributed by atoms with Crippen molar-refractivity contribution in [3.05, 3.63) is 28.2 Å². The number of methoxy groups -OCH3 is 1. The van der Waals surface area contributed by atoms with Crippen LogP contribution in [0, 0.1) is 5.92 Å². The summed E-state index contributed by atoms with van der Waals surface area (Å²) in [6.45, 7) is 2.61. The van der Waals surface area contributed by atoms with E-state index in [0.717, 1.165) is 0 Å². The third kappa shape index (κ3) is 4.57. The van der Waals surface area contributed by atoms with Gasteiger partial charge in [0.05, 0.1) is 17.6 Å². The van der Waals surface area contributed by atoms with Gasteiger partial charge in [-0.15, -0.1) is 0 Å². The van der Waals surface area contributed by atoms with Crippen molar-refractivity contribution in [3.8, 4) is 0 Å². The first-order valence-corrected chi connectivity index (χ1v) is 11.8. The number of hydrogen-bond acceptors (Lipinski definition) is 5. The van der Waals surface area contributed by atoms with Crippen molar-refractivity contribution >= 4 is 39.1 Å². The summed E-state index contributed by atoms with van der Waals surface area (Å²) in [6.07, 6.45) is 0.935. The van der Waals surface area contributed by atoms with Crippen LogP contribution in [0.1, 0.15) is 26.2 Å². The second-order valence-electron chi connectivity index (χ2n) is 7.64. The molecule has 0 unspecified atom stereocenters. The highest BCUT2D eigenvalue weighted by molar-refractivity contribution is 7.89. The first kappa shape index (κ1) is 22.8. The van der Waals surface area contributed by atoms with Gasteiger partial charge in [-0.05, 0) is 44.4 Å². The average molecular weight is 465 g/mol. The van der Waals surface area contributed by atoms with Gasteiger partial charge in [0.2, 0.25) is 15.9 Å². The van der Waals surface area contributed by atoms with Crippen molar-refractivity contribution in [2.24, 2.45) is 5.92 Å². The second kappa shape index (κ2) is 9.08. The maximum absolute atomic E-state index is 13.6. The maximum atomic E-state index is 13.6. The van der Waals surface area contributed by atoms with Gasteiger partial charge in [-0.2, -0.15) is 4.31 Å². The zero-order chi connectivity index (χ0) is 21.3. The van der Waals surface area contributed by atoms with Crippen LogP contribution in [-0.2, 0) is 19.6 Å². The molecule has 0 aliphatic carbocycles. The molecule has 1 N–H and O–H groups in total. The van der Waals surface area contributed by atoms with E-state index in [9.17, 15) is 18.3 Å². The van der Waals surface area contributed by atoms with E-state index in [4.69, 9.17) is 27.9 Å². The van der Waals surface area contributed by atoms with Crippen LogP contribution >= 0.6 is 23.2 Å². The van der Waals surface area contributed by atoms with Gasteiger partial charge >= 0.3 is 0 Å². The number of nitrogens with zero attached hydrogens (tertiary/aromatic N) is 2. The smallest absolute Gasteiger partial charge is 0.244 e. The summed E-state index contributed by atoms with van der Waals surface area (Å²) >= 11 is 12.1. The van der Waals surface area contributed by atoms with Gasteiger partial charge in [-0.3, -0.25) is 4.79 Å². The fourth-order valence-electron chi connectivity index (χ4n) is 4.34. The highest BCUT2D eigenvalue weighted by Crippen LogP contribution is 2.39. The summed E-state index contributed by atoms with van der Waals surface area (Å²) in [5.74, 6) is -0.669. The molecule has 2 bridgehead atoms. The number of fused-ring (bicyclic) bond motifs is 2. The Labute approximate surface area is 181 Å². The zero-order valence-electron chi connectivity index (χ0n) is 16.4. The van der Waals surface area contributed by atoms with Crippen molar-refractivity contribution in [2.75, 3.05) is 26.8 Å². The van der Waals surface area contributed by atoms with Crippen molar-refractivity contribution in [1.82, 2.24) is 9.21 Å². The highest BCUT2D eigenvalue weighted by atomic mass is 35.5. The minimum atomic E-state index is -4.06. The van der Waals surface area contributed by atoms with E-state index in [1.54, 1.807) is 18.9 Å². The Balaban J connectivity index is 2.09. The molecule has 0 aromatic heterocycles. The number of aliphatic hydroxyl groups is 1. The van der Waals surface area contributed by atoms with Gasteiger partial charge in [-0.1, -0.05) is 23.2 Å². The van der Waals surface area contributed by atoms with E-state index in [-0.39, 0.29) is 27.4 Å². The van der Waals surface area contributed by atoms with Crippen molar-refractivity contribution in [2.45, 2.75) is 49.3 Å². The summed E-state index contributed by atoms with van der Waals surface area (Å²) in [6, 6.07) is 2.83. The number of halogens is 2. The maximum Gasteiger partial charge on any atom is 0.244 e. The van der Waals surface area contributed by atoms with E-state index in [2.05, 4.69) is 0 Å². The van der Waals surface area contributed by atoms with Crippen LogP contribution in [0.2, 0.25) is 10.0 Å². The lowest BCUT2D eigenvalue weighted by molar-refractivity contribution is -0.135. The predicted octanol–water partition coefficient (Wildman–Crippen LogP) is 2.39. The molecule has 3 rings (SSSR count). The lowest BCUT2D eigenvalue weighted by Crippen LogP contribution is -2.55. The Morgan fingerprint density at radius 2 is 1.90 bits per heavy atom. The third-order valence-electron chi connectivity index (χ3n) is 5.73. The van der Waals surface area contributed by atoms with Gasteiger partial charge in [0, 0.05) is 42.2 Å². The Morgan fingerprint density at radius 3 is 2.48 bits per heavy atom. The molecule has 10 heteroatoms. The molecule has 0 radical (unpaired) electrons. The van der Waals surface area contributed by atoms with Crippen LogP contribution in [-0.4, -0.2) is 73.6 Å². The minimum absolute atomic E-state index is 0.0469. The lowest BCUT2D eigenvalue weighted by Gasteiger charge is -2.41. The van der Waals surface area contributed by atoms with Gasteiger partial charge in [0.25, 0.3) is 0 Å². The standard InChI is InChI=1S/C19H26Cl2N2O5S/c1-12(24)16-11-22(6-7-28-2)19(25)18-5-3-4-17(16)23(18)29(26,27)15-9-13(20)8-14(21)10-15/h8-10,12,16-18,24H,3-7,11H2,1-2H3/t12-,16+,17-,18+/m1/s1. The monoisotopic (exact) mass is 464 g/mol. The highest BCUT2D eigenvalue weighted by Gasteiger charge is 2.51. The topological polar surface area (TPSA) is 87.2 Å². The molecule has 1 aromatic carbocycles. The number of carbonyl (C=O) groups excluding carboxylic acids is 1. The van der Waals surface area contributed by atoms with Gasteiger partial charge in [0.1, 0.15) is 6.04 Å². The first-order valence-electron chi connectivity index (χ1n) is 9.62. The fourth-order valence-corrected chi connectivity index (χ4v) is 6.94. The van der Waals surface area contributed by atoms with Crippen molar-refractivity contribution < 1.29 is 23.1 Å². The molecule has 0 saturated carbocycles. The average Bonchev–Trinajstić information content (AvgIpc) is 2.72. The predicted molar refractivity (Wildman–Crippen MR) is 111 cm³/mol. The number of carbonyl (C=O) groups is 1. The summed E-state index contributed by atoms with van der Waals surface area (Å²) < 4.78 is 33.7. The van der Waals surface area contributed by atoms with Gasteiger partial charge < -0.3 is 14.7 Å². The third-order valence-corrected chi connectivity index (χ3v) is 8.08. The number of piperidine rings is 1. The molecule has 1 amide bonds. The number of benzene rings is 1. The van der Waals surface area contributed by atoms with Crippen LogP contribution in [0.5, 0.6) is 0 Å². The Bertz CT molecular complexity index is 844. The molecule has 162 valence electrons. The minimum Gasteiger partial charge on any atom is -0.393 e. The summed E-state index contributed by atoms with van der Waals surface area (Å²) in [7, 11) is -2.51. The van der Waals surface area contributed by atoms with Gasteiger partial charge in [-0.25, -0.2) is 8.42 Å². The van der Waals surface area contributed by atoms with E-state index in [1.807, 2.05) is 0 Å². The van der Waals surface area contributed by atoms with Crippen LogP contribution in [0.4, 0.5) is 0 Å². The second-order valence-corrected chi connectivity index (χ2v) is 10.4. The summed E-state index contributed by atoms with van der Waals surface area (Å²) in [4.78, 5) is 14.9. The Kier molecular flexibility index (Phi) is 7.13. The largest absolute Gasteiger partial charge is 0.393 e. The van der Waals surface area contributed by atoms with Crippen LogP contribution in [0.15, 0.2) is 23.1 Å². The number of hydrogen-bond donors (Lipinski definition) is 1. The Hall–Kier alpha value is -0.900. The van der Waals surface area contributed by atoms with Crippen molar-refractivity contribution in [3.63, 3.8) is 0 Å². The first-order chi connectivity index (χ1) is 13.7. The quantitative estimate of drug-likeness (QED) is 0.697. The molecule has 2 aliphatic rings. The molecule has 1 aromatic rings. The van der Waals surface area contributed by atoms with Crippen molar-refractivity contribution in [1.29, 1.82) is 0 Å².